The van der Waals surface area contributed by atoms with Crippen LogP contribution in [0.5, 0.6) is 0 Å². The predicted molar refractivity (Wildman–Crippen MR) is 141 cm³/mol. The van der Waals surface area contributed by atoms with E-state index in [1.54, 1.807) is 23.1 Å². The largest absolute Gasteiger partial charge is 0.417 e. The standard InChI is InChI=1S/C29H26F3N5O/c1-17-12-20-13-19(8-11-24(20)35-27(17)33)28(38)37(15-22-10-9-21(14-34-22)29(30,31)32)16-26-18(2)23-6-4-5-7-25(23)36(26)3/h4-14H,15-16H2,1-3H3,(H2,33,35). The van der Waals surface area contributed by atoms with E-state index in [4.69, 9.17) is 5.73 Å². The van der Waals surface area contributed by atoms with Crippen molar-refractivity contribution in [1.29, 1.82) is 0 Å². The number of hydrogen-bond donors (Lipinski definition) is 1. The average Bonchev–Trinajstić information content (AvgIpc) is 3.13. The van der Waals surface area contributed by atoms with Gasteiger partial charge in [-0.3, -0.25) is 9.78 Å². The third kappa shape index (κ3) is 4.67. The van der Waals surface area contributed by atoms with Crippen LogP contribution in [0.4, 0.5) is 19.0 Å². The highest BCUT2D eigenvalue weighted by atomic mass is 19.4. The number of benzene rings is 2. The first-order chi connectivity index (χ1) is 18.0. The predicted octanol–water partition coefficient (Wildman–Crippen LogP) is 6.18. The van der Waals surface area contributed by atoms with Gasteiger partial charge in [-0.25, -0.2) is 4.98 Å². The fraction of sp³-hybridized carbons (Fsp3) is 0.207. The zero-order valence-corrected chi connectivity index (χ0v) is 21.2. The quantitative estimate of drug-likeness (QED) is 0.302. The number of halogens is 3. The van der Waals surface area contributed by atoms with Gasteiger partial charge in [-0.15, -0.1) is 0 Å². The summed E-state index contributed by atoms with van der Waals surface area (Å²) in [6.07, 6.45) is -3.68. The zero-order chi connectivity index (χ0) is 27.2. The van der Waals surface area contributed by atoms with Crippen molar-refractivity contribution < 1.29 is 18.0 Å². The summed E-state index contributed by atoms with van der Waals surface area (Å²) >= 11 is 0. The minimum atomic E-state index is -4.48. The number of nitrogens with zero attached hydrogens (tertiary/aromatic N) is 4. The second-order valence-corrected chi connectivity index (χ2v) is 9.44. The summed E-state index contributed by atoms with van der Waals surface area (Å²) in [5.74, 6) is 0.158. The summed E-state index contributed by atoms with van der Waals surface area (Å²) in [6, 6.07) is 17.3. The highest BCUT2D eigenvalue weighted by Gasteiger charge is 2.31. The molecule has 38 heavy (non-hydrogen) atoms. The molecule has 0 aliphatic heterocycles. The van der Waals surface area contributed by atoms with Crippen molar-refractivity contribution in [3.05, 3.63) is 101 Å². The van der Waals surface area contributed by atoms with Gasteiger partial charge in [0.15, 0.2) is 0 Å². The van der Waals surface area contributed by atoms with Crippen molar-refractivity contribution in [3.8, 4) is 0 Å². The Morgan fingerprint density at radius 3 is 2.47 bits per heavy atom. The number of amides is 1. The highest BCUT2D eigenvalue weighted by molar-refractivity contribution is 5.98. The van der Waals surface area contributed by atoms with E-state index >= 15 is 0 Å². The first-order valence-corrected chi connectivity index (χ1v) is 12.0. The Labute approximate surface area is 217 Å². The number of fused-ring (bicyclic) bond motifs is 2. The molecule has 0 aliphatic rings. The van der Waals surface area contributed by atoms with Gasteiger partial charge >= 0.3 is 6.18 Å². The lowest BCUT2D eigenvalue weighted by Gasteiger charge is -2.24. The molecular formula is C29H26F3N5O. The van der Waals surface area contributed by atoms with Crippen molar-refractivity contribution in [2.75, 3.05) is 5.73 Å². The van der Waals surface area contributed by atoms with E-state index < -0.39 is 11.7 Å². The molecule has 9 heteroatoms. The normalized spacial score (nSPS) is 11.8. The Balaban J connectivity index is 1.54. The molecule has 1 amide bonds. The number of aromatic nitrogens is 3. The molecule has 0 spiro atoms. The topological polar surface area (TPSA) is 77.0 Å². The van der Waals surface area contributed by atoms with Crippen molar-refractivity contribution in [3.63, 3.8) is 0 Å². The number of para-hydroxylation sites is 1. The van der Waals surface area contributed by atoms with E-state index in [-0.39, 0.29) is 19.0 Å². The van der Waals surface area contributed by atoms with Crippen molar-refractivity contribution in [2.45, 2.75) is 33.1 Å². The molecule has 0 atom stereocenters. The summed E-state index contributed by atoms with van der Waals surface area (Å²) in [7, 11) is 1.94. The summed E-state index contributed by atoms with van der Waals surface area (Å²) in [4.78, 5) is 23.9. The molecule has 0 saturated heterocycles. The molecule has 2 N–H and O–H groups in total. The lowest BCUT2D eigenvalue weighted by Crippen LogP contribution is -2.31. The summed E-state index contributed by atoms with van der Waals surface area (Å²) in [5.41, 5.74) is 10.4. The van der Waals surface area contributed by atoms with Crippen LogP contribution < -0.4 is 5.73 Å². The van der Waals surface area contributed by atoms with Crippen LogP contribution in [0.1, 0.15) is 38.4 Å². The van der Waals surface area contributed by atoms with E-state index in [2.05, 4.69) is 9.97 Å². The van der Waals surface area contributed by atoms with Gasteiger partial charge in [0.1, 0.15) is 5.82 Å². The molecule has 2 aromatic carbocycles. The summed E-state index contributed by atoms with van der Waals surface area (Å²) in [5, 5.41) is 1.85. The second-order valence-electron chi connectivity index (χ2n) is 9.44. The molecule has 194 valence electrons. The fourth-order valence-corrected chi connectivity index (χ4v) is 4.73. The Morgan fingerprint density at radius 1 is 1.03 bits per heavy atom. The van der Waals surface area contributed by atoms with Gasteiger partial charge in [0.05, 0.1) is 29.9 Å². The molecule has 0 saturated carbocycles. The molecule has 3 heterocycles. The van der Waals surface area contributed by atoms with Crippen LogP contribution in [0.15, 0.2) is 66.9 Å². The van der Waals surface area contributed by atoms with E-state index in [0.29, 0.717) is 22.6 Å². The zero-order valence-electron chi connectivity index (χ0n) is 21.2. The summed E-state index contributed by atoms with van der Waals surface area (Å²) in [6.45, 7) is 4.14. The second kappa shape index (κ2) is 9.48. The number of anilines is 1. The van der Waals surface area contributed by atoms with Gasteiger partial charge in [-0.05, 0) is 67.4 Å². The van der Waals surface area contributed by atoms with Gasteiger partial charge in [0.2, 0.25) is 0 Å². The molecule has 3 aromatic heterocycles. The van der Waals surface area contributed by atoms with Crippen LogP contribution >= 0.6 is 0 Å². The molecule has 0 unspecified atom stereocenters. The van der Waals surface area contributed by atoms with Crippen LogP contribution in [-0.4, -0.2) is 25.3 Å². The monoisotopic (exact) mass is 517 g/mol. The van der Waals surface area contributed by atoms with E-state index in [1.807, 2.05) is 55.8 Å². The van der Waals surface area contributed by atoms with Crippen LogP contribution in [0, 0.1) is 13.8 Å². The number of carbonyl (C=O) groups is 1. The Morgan fingerprint density at radius 2 is 1.79 bits per heavy atom. The molecule has 5 rings (SSSR count). The van der Waals surface area contributed by atoms with Crippen molar-refractivity contribution in [1.82, 2.24) is 19.4 Å². The average molecular weight is 518 g/mol. The third-order valence-corrected chi connectivity index (χ3v) is 6.93. The number of pyridine rings is 2. The Kier molecular flexibility index (Phi) is 6.30. The molecule has 0 aliphatic carbocycles. The third-order valence-electron chi connectivity index (χ3n) is 6.93. The number of carbonyl (C=O) groups excluding carboxylic acids is 1. The number of nitrogens with two attached hydrogens (primary N) is 1. The first-order valence-electron chi connectivity index (χ1n) is 12.0. The van der Waals surface area contributed by atoms with E-state index in [9.17, 15) is 18.0 Å². The van der Waals surface area contributed by atoms with Gasteiger partial charge in [0, 0.05) is 40.8 Å². The van der Waals surface area contributed by atoms with E-state index in [1.165, 1.54) is 6.07 Å². The van der Waals surface area contributed by atoms with Crippen LogP contribution in [-0.2, 0) is 26.3 Å². The smallest absolute Gasteiger partial charge is 0.383 e. The highest BCUT2D eigenvalue weighted by Crippen LogP contribution is 2.30. The van der Waals surface area contributed by atoms with Gasteiger partial charge in [-0.1, -0.05) is 18.2 Å². The Bertz CT molecular complexity index is 1630. The minimum absolute atomic E-state index is 0.0367. The molecule has 6 nitrogen and oxygen atoms in total. The van der Waals surface area contributed by atoms with Gasteiger partial charge < -0.3 is 15.2 Å². The molecule has 0 bridgehead atoms. The molecule has 0 radical (unpaired) electrons. The van der Waals surface area contributed by atoms with Crippen LogP contribution in [0.3, 0.4) is 0 Å². The van der Waals surface area contributed by atoms with Gasteiger partial charge in [-0.2, -0.15) is 13.2 Å². The number of hydrogen-bond acceptors (Lipinski definition) is 4. The van der Waals surface area contributed by atoms with E-state index in [0.717, 1.165) is 45.4 Å². The SMILES string of the molecule is Cc1cc2cc(C(=O)N(Cc3ccc(C(F)(F)F)cn3)Cc3c(C)c4ccccc4n3C)ccc2nc1N. The maximum Gasteiger partial charge on any atom is 0.417 e. The number of rotatable bonds is 5. The lowest BCUT2D eigenvalue weighted by atomic mass is 10.1. The summed E-state index contributed by atoms with van der Waals surface area (Å²) < 4.78 is 41.3. The number of nitrogen functional groups attached to an aromatic ring is 1. The Hall–Kier alpha value is -4.40. The molecule has 0 fully saturated rings. The van der Waals surface area contributed by atoms with Gasteiger partial charge in [0.25, 0.3) is 5.91 Å². The molecular weight excluding hydrogens is 491 g/mol. The minimum Gasteiger partial charge on any atom is -0.383 e. The fourth-order valence-electron chi connectivity index (χ4n) is 4.73. The maximum atomic E-state index is 13.9. The lowest BCUT2D eigenvalue weighted by molar-refractivity contribution is -0.137. The maximum absolute atomic E-state index is 13.9. The number of aryl methyl sites for hydroxylation is 3. The molecule has 5 aromatic rings. The van der Waals surface area contributed by atoms with Crippen LogP contribution in [0.2, 0.25) is 0 Å². The van der Waals surface area contributed by atoms with Crippen LogP contribution in [0.25, 0.3) is 21.8 Å². The first kappa shape index (κ1) is 25.3. The van der Waals surface area contributed by atoms with Crippen molar-refractivity contribution >= 4 is 33.5 Å². The number of alkyl halides is 3. The van der Waals surface area contributed by atoms with Crippen molar-refractivity contribution in [2.24, 2.45) is 7.05 Å².